The number of hydrogen-bond acceptors (Lipinski definition) is 1. The van der Waals surface area contributed by atoms with Gasteiger partial charge in [0.1, 0.15) is 0 Å². The highest BCUT2D eigenvalue weighted by Crippen LogP contribution is 2.48. The van der Waals surface area contributed by atoms with Crippen LogP contribution in [0.4, 0.5) is 0 Å². The van der Waals surface area contributed by atoms with Gasteiger partial charge in [0.15, 0.2) is 0 Å². The predicted octanol–water partition coefficient (Wildman–Crippen LogP) is 2.78. The predicted molar refractivity (Wildman–Crippen MR) is 66.0 cm³/mol. The molecule has 1 aliphatic heterocycles. The zero-order valence-electron chi connectivity index (χ0n) is 11.1. The zero-order valence-corrected chi connectivity index (χ0v) is 11.1. The van der Waals surface area contributed by atoms with Gasteiger partial charge in [-0.05, 0) is 36.0 Å². The van der Waals surface area contributed by atoms with E-state index in [4.69, 9.17) is 0 Å². The average molecular weight is 223 g/mol. The molecule has 4 atom stereocenters. The van der Waals surface area contributed by atoms with Crippen molar-refractivity contribution in [3.8, 4) is 0 Å². The summed E-state index contributed by atoms with van der Waals surface area (Å²) in [4.78, 5) is 13.8. The van der Waals surface area contributed by atoms with Crippen LogP contribution in [0.5, 0.6) is 0 Å². The first-order valence-corrected chi connectivity index (χ1v) is 6.82. The smallest absolute Gasteiger partial charge is 0.222 e. The van der Waals surface area contributed by atoms with Gasteiger partial charge in [0.2, 0.25) is 5.91 Å². The van der Waals surface area contributed by atoms with Gasteiger partial charge < -0.3 is 4.90 Å². The first-order chi connectivity index (χ1) is 7.54. The number of carbonyl (C=O) groups is 1. The third kappa shape index (κ3) is 1.87. The normalized spacial score (nSPS) is 38.2. The third-order valence-corrected chi connectivity index (χ3v) is 4.93. The summed E-state index contributed by atoms with van der Waals surface area (Å²) in [6, 6.07) is 0. The van der Waals surface area contributed by atoms with E-state index in [0.717, 1.165) is 42.7 Å². The Morgan fingerprint density at radius 1 is 1.38 bits per heavy atom. The summed E-state index contributed by atoms with van der Waals surface area (Å²) < 4.78 is 0. The Morgan fingerprint density at radius 3 is 2.56 bits per heavy atom. The zero-order chi connectivity index (χ0) is 11.9. The molecule has 92 valence electrons. The number of likely N-dealkylation sites (tertiary alicyclic amines) is 1. The fourth-order valence-electron chi connectivity index (χ4n) is 3.93. The minimum atomic E-state index is 0.350. The van der Waals surface area contributed by atoms with Crippen LogP contribution >= 0.6 is 0 Å². The number of amides is 1. The molecular formula is C14H25NO. The molecule has 1 heterocycles. The van der Waals surface area contributed by atoms with Gasteiger partial charge in [-0.15, -0.1) is 0 Å². The van der Waals surface area contributed by atoms with Gasteiger partial charge >= 0.3 is 0 Å². The molecule has 2 rings (SSSR count). The Morgan fingerprint density at radius 2 is 2.06 bits per heavy atom. The lowest BCUT2D eigenvalue weighted by molar-refractivity contribution is -0.130. The topological polar surface area (TPSA) is 20.3 Å². The lowest BCUT2D eigenvalue weighted by Gasteiger charge is -2.25. The molecule has 1 saturated heterocycles. The van der Waals surface area contributed by atoms with E-state index in [9.17, 15) is 4.79 Å². The molecule has 0 N–H and O–H groups in total. The van der Waals surface area contributed by atoms with Crippen LogP contribution in [0.25, 0.3) is 0 Å². The van der Waals surface area contributed by atoms with E-state index in [1.54, 1.807) is 0 Å². The van der Waals surface area contributed by atoms with E-state index < -0.39 is 0 Å². The molecule has 4 unspecified atom stereocenters. The highest BCUT2D eigenvalue weighted by Gasteiger charge is 2.47. The van der Waals surface area contributed by atoms with Crippen LogP contribution in [0.2, 0.25) is 0 Å². The first-order valence-electron chi connectivity index (χ1n) is 6.82. The maximum Gasteiger partial charge on any atom is 0.222 e. The molecule has 0 bridgehead atoms. The van der Waals surface area contributed by atoms with Crippen molar-refractivity contribution in [3.63, 3.8) is 0 Å². The number of rotatable bonds is 2. The van der Waals surface area contributed by atoms with E-state index in [1.165, 1.54) is 6.42 Å². The number of fused-ring (bicyclic) bond motifs is 1. The second kappa shape index (κ2) is 4.38. The summed E-state index contributed by atoms with van der Waals surface area (Å²) in [5.41, 5.74) is 0. The summed E-state index contributed by atoms with van der Waals surface area (Å²) in [6.07, 6.45) is 2.01. The fraction of sp³-hybridized carbons (Fsp3) is 0.929. The number of nitrogens with zero attached hydrogens (tertiary/aromatic N) is 1. The van der Waals surface area contributed by atoms with Crippen LogP contribution in [0.3, 0.4) is 0 Å². The molecule has 2 aliphatic rings. The number of carbonyl (C=O) groups excluding carboxylic acids is 1. The average Bonchev–Trinajstić information content (AvgIpc) is 2.77. The monoisotopic (exact) mass is 223 g/mol. The van der Waals surface area contributed by atoms with Gasteiger partial charge in [-0.2, -0.15) is 0 Å². The summed E-state index contributed by atoms with van der Waals surface area (Å²) in [7, 11) is 0. The maximum absolute atomic E-state index is 11.7. The second-order valence-electron chi connectivity index (χ2n) is 6.08. The van der Waals surface area contributed by atoms with Crippen LogP contribution in [0, 0.1) is 29.6 Å². The summed E-state index contributed by atoms with van der Waals surface area (Å²) >= 11 is 0. The maximum atomic E-state index is 11.7. The van der Waals surface area contributed by atoms with Crippen molar-refractivity contribution in [1.29, 1.82) is 0 Å². The molecule has 1 saturated carbocycles. The molecular weight excluding hydrogens is 198 g/mol. The summed E-state index contributed by atoms with van der Waals surface area (Å²) in [5.74, 6) is 4.41. The second-order valence-corrected chi connectivity index (χ2v) is 6.08. The molecule has 2 fully saturated rings. The molecule has 0 radical (unpaired) electrons. The van der Waals surface area contributed by atoms with Crippen molar-refractivity contribution in [2.45, 2.75) is 40.5 Å². The fourth-order valence-corrected chi connectivity index (χ4v) is 3.93. The molecule has 0 aromatic heterocycles. The molecule has 16 heavy (non-hydrogen) atoms. The van der Waals surface area contributed by atoms with E-state index in [-0.39, 0.29) is 0 Å². The number of hydrogen-bond donors (Lipinski definition) is 0. The van der Waals surface area contributed by atoms with Gasteiger partial charge in [-0.1, -0.05) is 27.7 Å². The van der Waals surface area contributed by atoms with Gasteiger partial charge in [-0.25, -0.2) is 0 Å². The first kappa shape index (κ1) is 11.9. The van der Waals surface area contributed by atoms with Crippen molar-refractivity contribution < 1.29 is 4.79 Å². The van der Waals surface area contributed by atoms with E-state index in [1.807, 2.05) is 6.92 Å². The quantitative estimate of drug-likeness (QED) is 0.705. The molecule has 2 heteroatoms. The van der Waals surface area contributed by atoms with Gasteiger partial charge in [-0.3, -0.25) is 4.79 Å². The van der Waals surface area contributed by atoms with Crippen molar-refractivity contribution >= 4 is 5.91 Å². The van der Waals surface area contributed by atoms with Gasteiger partial charge in [0.05, 0.1) is 0 Å². The van der Waals surface area contributed by atoms with E-state index in [2.05, 4.69) is 25.7 Å². The molecule has 1 amide bonds. The van der Waals surface area contributed by atoms with Crippen molar-refractivity contribution in [1.82, 2.24) is 4.90 Å². The highest BCUT2D eigenvalue weighted by molar-refractivity contribution is 5.76. The molecule has 0 aromatic carbocycles. The van der Waals surface area contributed by atoms with Gasteiger partial charge in [0.25, 0.3) is 0 Å². The standard InChI is InChI=1S/C14H25NO/c1-5-14(16)15-7-11-6-12(9(2)3)10(4)13(11)8-15/h9-13H,5-8H2,1-4H3. The Hall–Kier alpha value is -0.530. The van der Waals surface area contributed by atoms with Crippen LogP contribution in [-0.2, 0) is 4.79 Å². The van der Waals surface area contributed by atoms with Crippen molar-refractivity contribution in [3.05, 3.63) is 0 Å². The van der Waals surface area contributed by atoms with Crippen molar-refractivity contribution in [2.75, 3.05) is 13.1 Å². The Labute approximate surface area is 99.4 Å². The highest BCUT2D eigenvalue weighted by atomic mass is 16.2. The minimum absolute atomic E-state index is 0.350. The lowest BCUT2D eigenvalue weighted by Crippen LogP contribution is -2.30. The molecule has 0 spiro atoms. The lowest BCUT2D eigenvalue weighted by atomic mass is 9.84. The summed E-state index contributed by atoms with van der Waals surface area (Å²) in [5, 5.41) is 0. The Balaban J connectivity index is 2.00. The van der Waals surface area contributed by atoms with Gasteiger partial charge in [0, 0.05) is 19.5 Å². The SMILES string of the molecule is CCC(=O)N1CC2CC(C(C)C)C(C)C2C1. The third-order valence-electron chi connectivity index (χ3n) is 4.93. The summed E-state index contributed by atoms with van der Waals surface area (Å²) in [6.45, 7) is 11.1. The van der Waals surface area contributed by atoms with E-state index in [0.29, 0.717) is 12.3 Å². The van der Waals surface area contributed by atoms with Crippen LogP contribution in [-0.4, -0.2) is 23.9 Å². The Bertz CT molecular complexity index is 274. The van der Waals surface area contributed by atoms with E-state index >= 15 is 0 Å². The van der Waals surface area contributed by atoms with Crippen LogP contribution < -0.4 is 0 Å². The minimum Gasteiger partial charge on any atom is -0.342 e. The Kier molecular flexibility index (Phi) is 3.27. The molecule has 1 aliphatic carbocycles. The van der Waals surface area contributed by atoms with Crippen LogP contribution in [0.15, 0.2) is 0 Å². The molecule has 0 aromatic rings. The molecule has 2 nitrogen and oxygen atoms in total. The largest absolute Gasteiger partial charge is 0.342 e. The van der Waals surface area contributed by atoms with Crippen LogP contribution in [0.1, 0.15) is 40.5 Å². The van der Waals surface area contributed by atoms with Crippen molar-refractivity contribution in [2.24, 2.45) is 29.6 Å².